The van der Waals surface area contributed by atoms with Gasteiger partial charge in [-0.3, -0.25) is 5.10 Å². The number of aromatic nitrogens is 2. The van der Waals surface area contributed by atoms with E-state index in [1.807, 2.05) is 12.2 Å². The number of H-pyrrole nitrogens is 1. The molecule has 3 N–H and O–H groups in total. The van der Waals surface area contributed by atoms with E-state index in [2.05, 4.69) is 10.2 Å². The van der Waals surface area contributed by atoms with Crippen LogP contribution in [0.5, 0.6) is 11.5 Å². The molecule has 0 aliphatic carbocycles. The second-order valence-electron chi connectivity index (χ2n) is 3.74. The molecule has 1 aromatic carbocycles. The van der Waals surface area contributed by atoms with Gasteiger partial charge in [0.05, 0.1) is 25.1 Å². The monoisotopic (exact) mass is 246 g/mol. The van der Waals surface area contributed by atoms with Gasteiger partial charge < -0.3 is 14.9 Å². The zero-order valence-corrected chi connectivity index (χ0v) is 9.92. The molecule has 2 aromatic rings. The van der Waals surface area contributed by atoms with Gasteiger partial charge in [-0.25, -0.2) is 0 Å². The lowest BCUT2D eigenvalue weighted by Crippen LogP contribution is -1.84. The molecule has 0 unspecified atom stereocenters. The van der Waals surface area contributed by atoms with Crippen molar-refractivity contribution in [2.24, 2.45) is 0 Å². The molecule has 2 rings (SSSR count). The van der Waals surface area contributed by atoms with E-state index >= 15 is 0 Å². The van der Waals surface area contributed by atoms with Crippen molar-refractivity contribution < 1.29 is 14.9 Å². The highest BCUT2D eigenvalue weighted by atomic mass is 16.5. The van der Waals surface area contributed by atoms with Gasteiger partial charge in [-0.15, -0.1) is 0 Å². The normalized spacial score (nSPS) is 11.0. The number of methoxy groups -OCH3 is 1. The number of benzene rings is 1. The van der Waals surface area contributed by atoms with Crippen molar-refractivity contribution in [2.45, 2.75) is 6.61 Å². The third-order valence-electron chi connectivity index (χ3n) is 2.47. The topological polar surface area (TPSA) is 78.4 Å². The number of aromatic hydroxyl groups is 1. The van der Waals surface area contributed by atoms with Crippen molar-refractivity contribution in [3.63, 3.8) is 0 Å². The van der Waals surface area contributed by atoms with Gasteiger partial charge in [0.2, 0.25) is 0 Å². The predicted octanol–water partition coefficient (Wildman–Crippen LogP) is 1.79. The second-order valence-corrected chi connectivity index (χ2v) is 3.74. The average molecular weight is 246 g/mol. The fourth-order valence-corrected chi connectivity index (χ4v) is 1.53. The fraction of sp³-hybridized carbons (Fsp3) is 0.154. The van der Waals surface area contributed by atoms with Crippen LogP contribution in [-0.4, -0.2) is 27.5 Å². The summed E-state index contributed by atoms with van der Waals surface area (Å²) in [7, 11) is 1.50. The van der Waals surface area contributed by atoms with Crippen LogP contribution in [0.25, 0.3) is 12.2 Å². The Bertz CT molecular complexity index is 561. The Hall–Kier alpha value is -2.27. The summed E-state index contributed by atoms with van der Waals surface area (Å²) in [6.45, 7) is -0.0616. The number of aliphatic hydroxyl groups is 1. The van der Waals surface area contributed by atoms with Crippen LogP contribution in [0, 0.1) is 0 Å². The second kappa shape index (κ2) is 5.37. The maximum Gasteiger partial charge on any atom is 0.161 e. The Morgan fingerprint density at radius 3 is 2.83 bits per heavy atom. The molecule has 18 heavy (non-hydrogen) atoms. The minimum absolute atomic E-state index is 0.0616. The third-order valence-corrected chi connectivity index (χ3v) is 2.47. The van der Waals surface area contributed by atoms with E-state index in [4.69, 9.17) is 9.84 Å². The average Bonchev–Trinajstić information content (AvgIpc) is 2.86. The molecule has 94 valence electrons. The Morgan fingerprint density at radius 2 is 2.17 bits per heavy atom. The molecule has 0 aliphatic heterocycles. The number of aromatic amines is 1. The van der Waals surface area contributed by atoms with Crippen LogP contribution in [0.2, 0.25) is 0 Å². The van der Waals surface area contributed by atoms with E-state index in [1.165, 1.54) is 7.11 Å². The summed E-state index contributed by atoms with van der Waals surface area (Å²) in [5.74, 6) is 0.534. The Morgan fingerprint density at radius 1 is 1.33 bits per heavy atom. The molecule has 1 heterocycles. The number of phenolic OH excluding ortho intramolecular Hbond substituents is 1. The quantitative estimate of drug-likeness (QED) is 0.768. The summed E-state index contributed by atoms with van der Waals surface area (Å²) in [5.41, 5.74) is 2.28. The lowest BCUT2D eigenvalue weighted by molar-refractivity contribution is 0.276. The summed E-state index contributed by atoms with van der Waals surface area (Å²) < 4.78 is 5.02. The van der Waals surface area contributed by atoms with Gasteiger partial charge >= 0.3 is 0 Å². The molecule has 0 bridgehead atoms. The van der Waals surface area contributed by atoms with Gasteiger partial charge in [-0.2, -0.15) is 5.10 Å². The Kier molecular flexibility index (Phi) is 3.64. The molecule has 5 nitrogen and oxygen atoms in total. The highest BCUT2D eigenvalue weighted by Crippen LogP contribution is 2.26. The van der Waals surface area contributed by atoms with Crippen molar-refractivity contribution in [2.75, 3.05) is 7.11 Å². The molecule has 0 fully saturated rings. The minimum atomic E-state index is -0.0616. The van der Waals surface area contributed by atoms with E-state index in [0.29, 0.717) is 11.4 Å². The first-order chi connectivity index (χ1) is 8.72. The number of ether oxygens (including phenoxy) is 1. The third kappa shape index (κ3) is 2.70. The Labute approximate surface area is 104 Å². The standard InChI is InChI=1S/C13H14N2O3/c1-18-13-6-9(3-5-12(13)17)2-4-10-7-11(8-16)15-14-10/h2-7,16-17H,8H2,1H3,(H,14,15)/b4-2+. The highest BCUT2D eigenvalue weighted by molar-refractivity contribution is 5.69. The van der Waals surface area contributed by atoms with Crippen LogP contribution in [0.15, 0.2) is 24.3 Å². The molecular formula is C13H14N2O3. The van der Waals surface area contributed by atoms with Crippen LogP contribution in [-0.2, 0) is 6.61 Å². The minimum Gasteiger partial charge on any atom is -0.504 e. The molecule has 5 heteroatoms. The van der Waals surface area contributed by atoms with Gasteiger partial charge in [0, 0.05) is 0 Å². The summed E-state index contributed by atoms with van der Waals surface area (Å²) in [5, 5.41) is 25.1. The SMILES string of the molecule is COc1cc(/C=C/c2cc(CO)[nH]n2)ccc1O. The molecule has 0 amide bonds. The number of hydrogen-bond donors (Lipinski definition) is 3. The lowest BCUT2D eigenvalue weighted by Gasteiger charge is -2.03. The van der Waals surface area contributed by atoms with Crippen molar-refractivity contribution in [1.82, 2.24) is 10.2 Å². The molecular weight excluding hydrogens is 232 g/mol. The maximum atomic E-state index is 9.46. The number of phenols is 1. The first-order valence-electron chi connectivity index (χ1n) is 5.43. The first-order valence-corrected chi connectivity index (χ1v) is 5.43. The summed E-state index contributed by atoms with van der Waals surface area (Å²) >= 11 is 0. The zero-order valence-electron chi connectivity index (χ0n) is 9.92. The molecule has 0 saturated heterocycles. The van der Waals surface area contributed by atoms with Crippen molar-refractivity contribution >= 4 is 12.2 Å². The van der Waals surface area contributed by atoms with E-state index in [-0.39, 0.29) is 12.4 Å². The van der Waals surface area contributed by atoms with Crippen LogP contribution >= 0.6 is 0 Å². The van der Waals surface area contributed by atoms with Crippen LogP contribution in [0.4, 0.5) is 0 Å². The van der Waals surface area contributed by atoms with Gasteiger partial charge in [-0.05, 0) is 29.8 Å². The van der Waals surface area contributed by atoms with E-state index in [0.717, 1.165) is 11.3 Å². The van der Waals surface area contributed by atoms with E-state index in [9.17, 15) is 5.11 Å². The van der Waals surface area contributed by atoms with Gasteiger partial charge in [0.25, 0.3) is 0 Å². The number of rotatable bonds is 4. The van der Waals surface area contributed by atoms with Gasteiger partial charge in [0.15, 0.2) is 11.5 Å². The fourth-order valence-electron chi connectivity index (χ4n) is 1.53. The molecule has 0 aliphatic rings. The molecule has 0 radical (unpaired) electrons. The molecule has 0 atom stereocenters. The first kappa shape index (κ1) is 12.2. The highest BCUT2D eigenvalue weighted by Gasteiger charge is 2.01. The molecule has 1 aromatic heterocycles. The lowest BCUT2D eigenvalue weighted by atomic mass is 10.2. The Balaban J connectivity index is 2.17. The smallest absolute Gasteiger partial charge is 0.161 e. The number of aliphatic hydroxyl groups excluding tert-OH is 1. The van der Waals surface area contributed by atoms with E-state index < -0.39 is 0 Å². The summed E-state index contributed by atoms with van der Waals surface area (Å²) in [6, 6.07) is 6.83. The zero-order chi connectivity index (χ0) is 13.0. The maximum absolute atomic E-state index is 9.46. The number of hydrogen-bond acceptors (Lipinski definition) is 4. The largest absolute Gasteiger partial charge is 0.504 e. The van der Waals surface area contributed by atoms with Gasteiger partial charge in [-0.1, -0.05) is 12.1 Å². The molecule has 0 saturated carbocycles. The predicted molar refractivity (Wildman–Crippen MR) is 68.1 cm³/mol. The molecule has 0 spiro atoms. The summed E-state index contributed by atoms with van der Waals surface area (Å²) in [6.07, 6.45) is 3.65. The number of nitrogens with one attached hydrogen (secondary N) is 1. The van der Waals surface area contributed by atoms with E-state index in [1.54, 1.807) is 24.3 Å². The van der Waals surface area contributed by atoms with Crippen molar-refractivity contribution in [3.8, 4) is 11.5 Å². The van der Waals surface area contributed by atoms with Crippen LogP contribution < -0.4 is 4.74 Å². The van der Waals surface area contributed by atoms with Crippen LogP contribution in [0.3, 0.4) is 0 Å². The number of nitrogens with zero attached hydrogens (tertiary/aromatic N) is 1. The van der Waals surface area contributed by atoms with Gasteiger partial charge in [0.1, 0.15) is 0 Å². The van der Waals surface area contributed by atoms with Crippen molar-refractivity contribution in [3.05, 3.63) is 41.2 Å². The van der Waals surface area contributed by atoms with Crippen LogP contribution in [0.1, 0.15) is 17.0 Å². The summed E-state index contributed by atoms with van der Waals surface area (Å²) in [4.78, 5) is 0. The van der Waals surface area contributed by atoms with Crippen molar-refractivity contribution in [1.29, 1.82) is 0 Å².